The summed E-state index contributed by atoms with van der Waals surface area (Å²) in [7, 11) is 1.96. The third kappa shape index (κ3) is 3.20. The highest BCUT2D eigenvalue weighted by molar-refractivity contribution is 5.10. The average molecular weight is 233 g/mol. The van der Waals surface area contributed by atoms with E-state index in [-0.39, 0.29) is 6.04 Å². The molecule has 2 N–H and O–H groups in total. The molecule has 0 fully saturated rings. The zero-order valence-corrected chi connectivity index (χ0v) is 10.4. The number of nitrogens with two attached hydrogens (primary N) is 1. The molecule has 0 aliphatic carbocycles. The molecule has 2 aromatic rings. The Bertz CT molecular complexity index is 459. The smallest absolute Gasteiger partial charge is 0.103 e. The molecule has 4 heteroatoms. The second kappa shape index (κ2) is 5.19. The summed E-state index contributed by atoms with van der Waals surface area (Å²) in [6.07, 6.45) is 4.38. The highest BCUT2D eigenvalue weighted by Crippen LogP contribution is 2.09. The molecule has 0 aliphatic rings. The van der Waals surface area contributed by atoms with Gasteiger partial charge in [-0.15, -0.1) is 0 Å². The van der Waals surface area contributed by atoms with Crippen LogP contribution in [0.25, 0.3) is 0 Å². The van der Waals surface area contributed by atoms with Crippen molar-refractivity contribution >= 4 is 0 Å². The second-order valence-corrected chi connectivity index (χ2v) is 4.48. The Balaban J connectivity index is 1.85. The Kier molecular flexibility index (Phi) is 3.64. The zero-order valence-electron chi connectivity index (χ0n) is 10.4. The molecule has 0 aliphatic heterocycles. The number of hydrogen-bond acceptors (Lipinski definition) is 3. The first kappa shape index (κ1) is 11.9. The molecular formula is C13H19N3O. The van der Waals surface area contributed by atoms with E-state index in [1.165, 1.54) is 5.69 Å². The average Bonchev–Trinajstić information content (AvgIpc) is 2.87. The van der Waals surface area contributed by atoms with Crippen LogP contribution in [0.2, 0.25) is 0 Å². The fourth-order valence-corrected chi connectivity index (χ4v) is 2.01. The largest absolute Gasteiger partial charge is 0.469 e. The summed E-state index contributed by atoms with van der Waals surface area (Å²) >= 11 is 0. The van der Waals surface area contributed by atoms with E-state index in [1.54, 1.807) is 6.26 Å². The van der Waals surface area contributed by atoms with Gasteiger partial charge in [-0.3, -0.25) is 4.68 Å². The quantitative estimate of drug-likeness (QED) is 0.857. The monoisotopic (exact) mass is 233 g/mol. The van der Waals surface area contributed by atoms with Crippen LogP contribution >= 0.6 is 0 Å². The van der Waals surface area contributed by atoms with Crippen molar-refractivity contribution < 1.29 is 4.42 Å². The second-order valence-electron chi connectivity index (χ2n) is 4.48. The van der Waals surface area contributed by atoms with E-state index in [2.05, 4.69) is 11.2 Å². The van der Waals surface area contributed by atoms with Gasteiger partial charge in [0.15, 0.2) is 0 Å². The van der Waals surface area contributed by atoms with Gasteiger partial charge < -0.3 is 10.2 Å². The van der Waals surface area contributed by atoms with Crippen LogP contribution in [0.15, 0.2) is 28.9 Å². The van der Waals surface area contributed by atoms with Gasteiger partial charge in [-0.2, -0.15) is 5.10 Å². The van der Waals surface area contributed by atoms with E-state index < -0.39 is 0 Å². The van der Waals surface area contributed by atoms with E-state index in [4.69, 9.17) is 10.2 Å². The van der Waals surface area contributed by atoms with Crippen molar-refractivity contribution in [3.05, 3.63) is 41.6 Å². The van der Waals surface area contributed by atoms with Gasteiger partial charge in [-0.1, -0.05) is 0 Å². The van der Waals surface area contributed by atoms with E-state index >= 15 is 0 Å². The lowest BCUT2D eigenvalue weighted by atomic mass is 10.1. The Morgan fingerprint density at radius 1 is 1.53 bits per heavy atom. The molecule has 0 amide bonds. The number of nitrogens with zero attached hydrogens (tertiary/aromatic N) is 2. The number of furan rings is 1. The van der Waals surface area contributed by atoms with Gasteiger partial charge in [0.1, 0.15) is 5.76 Å². The predicted octanol–water partition coefficient (Wildman–Crippen LogP) is 1.82. The van der Waals surface area contributed by atoms with Gasteiger partial charge in [0.25, 0.3) is 0 Å². The van der Waals surface area contributed by atoms with Gasteiger partial charge in [0.05, 0.1) is 12.0 Å². The topological polar surface area (TPSA) is 57.0 Å². The lowest BCUT2D eigenvalue weighted by molar-refractivity contribution is 0.480. The van der Waals surface area contributed by atoms with Gasteiger partial charge in [0.2, 0.25) is 0 Å². The maximum atomic E-state index is 6.12. The molecule has 1 unspecified atom stereocenters. The molecule has 2 rings (SSSR count). The fourth-order valence-electron chi connectivity index (χ4n) is 2.01. The van der Waals surface area contributed by atoms with Crippen molar-refractivity contribution in [2.24, 2.45) is 12.8 Å². The molecule has 2 heterocycles. The van der Waals surface area contributed by atoms with Crippen LogP contribution in [0, 0.1) is 6.92 Å². The van der Waals surface area contributed by atoms with Gasteiger partial charge >= 0.3 is 0 Å². The van der Waals surface area contributed by atoms with Crippen LogP contribution in [-0.4, -0.2) is 15.8 Å². The van der Waals surface area contributed by atoms with Crippen molar-refractivity contribution in [1.82, 2.24) is 9.78 Å². The van der Waals surface area contributed by atoms with Crippen molar-refractivity contribution in [3.63, 3.8) is 0 Å². The first-order valence-corrected chi connectivity index (χ1v) is 5.92. The summed E-state index contributed by atoms with van der Waals surface area (Å²) in [6.45, 7) is 2.00. The van der Waals surface area contributed by atoms with Gasteiger partial charge in [-0.25, -0.2) is 0 Å². The third-order valence-corrected chi connectivity index (χ3v) is 2.91. The molecule has 0 spiro atoms. The van der Waals surface area contributed by atoms with E-state index in [0.717, 1.165) is 30.7 Å². The molecule has 0 radical (unpaired) electrons. The normalized spacial score (nSPS) is 12.9. The fraction of sp³-hybridized carbons (Fsp3) is 0.462. The van der Waals surface area contributed by atoms with E-state index in [9.17, 15) is 0 Å². The van der Waals surface area contributed by atoms with E-state index in [0.29, 0.717) is 0 Å². The SMILES string of the molecule is Cc1cc(CC(N)CCc2ccco2)n(C)n1. The molecule has 1 atom stereocenters. The molecule has 0 aromatic carbocycles. The van der Waals surface area contributed by atoms with Crippen LogP contribution in [0.5, 0.6) is 0 Å². The van der Waals surface area contributed by atoms with Crippen molar-refractivity contribution in [1.29, 1.82) is 0 Å². The summed E-state index contributed by atoms with van der Waals surface area (Å²) < 4.78 is 7.19. The summed E-state index contributed by atoms with van der Waals surface area (Å²) in [6, 6.07) is 6.13. The molecule has 0 saturated carbocycles. The molecule has 2 aromatic heterocycles. The summed E-state index contributed by atoms with van der Waals surface area (Å²) in [5.41, 5.74) is 8.35. The lowest BCUT2D eigenvalue weighted by Gasteiger charge is -2.10. The maximum Gasteiger partial charge on any atom is 0.103 e. The van der Waals surface area contributed by atoms with Crippen molar-refractivity contribution in [2.45, 2.75) is 32.2 Å². The summed E-state index contributed by atoms with van der Waals surface area (Å²) in [4.78, 5) is 0. The van der Waals surface area contributed by atoms with Gasteiger partial charge in [0, 0.05) is 31.6 Å². The Morgan fingerprint density at radius 3 is 2.94 bits per heavy atom. The Hall–Kier alpha value is -1.55. The highest BCUT2D eigenvalue weighted by Gasteiger charge is 2.09. The number of aromatic nitrogens is 2. The van der Waals surface area contributed by atoms with Crippen LogP contribution in [0.4, 0.5) is 0 Å². The molecule has 0 saturated heterocycles. The Labute approximate surface area is 101 Å². The van der Waals surface area contributed by atoms with Crippen molar-refractivity contribution in [2.75, 3.05) is 0 Å². The summed E-state index contributed by atoms with van der Waals surface area (Å²) in [5.74, 6) is 1.00. The van der Waals surface area contributed by atoms with Crippen LogP contribution in [-0.2, 0) is 19.9 Å². The highest BCUT2D eigenvalue weighted by atomic mass is 16.3. The summed E-state index contributed by atoms with van der Waals surface area (Å²) in [5, 5.41) is 4.32. The number of hydrogen-bond donors (Lipinski definition) is 1. The molecule has 4 nitrogen and oxygen atoms in total. The maximum absolute atomic E-state index is 6.12. The minimum Gasteiger partial charge on any atom is -0.469 e. The first-order valence-electron chi connectivity index (χ1n) is 5.92. The third-order valence-electron chi connectivity index (χ3n) is 2.91. The van der Waals surface area contributed by atoms with Crippen LogP contribution in [0.1, 0.15) is 23.6 Å². The van der Waals surface area contributed by atoms with Crippen LogP contribution in [0.3, 0.4) is 0 Å². The molecular weight excluding hydrogens is 214 g/mol. The minimum atomic E-state index is 0.148. The number of rotatable bonds is 5. The number of aryl methyl sites for hydroxylation is 3. The van der Waals surface area contributed by atoms with E-state index in [1.807, 2.05) is 30.8 Å². The minimum absolute atomic E-state index is 0.148. The van der Waals surface area contributed by atoms with Crippen molar-refractivity contribution in [3.8, 4) is 0 Å². The molecule has 17 heavy (non-hydrogen) atoms. The standard InChI is InChI=1S/C13H19N3O/c1-10-8-12(16(2)15-10)9-11(14)5-6-13-4-3-7-17-13/h3-4,7-8,11H,5-6,9,14H2,1-2H3. The Morgan fingerprint density at radius 2 is 2.35 bits per heavy atom. The molecule has 0 bridgehead atoms. The zero-order chi connectivity index (χ0) is 12.3. The molecule has 92 valence electrons. The first-order chi connectivity index (χ1) is 8.15. The predicted molar refractivity (Wildman–Crippen MR) is 66.7 cm³/mol. The lowest BCUT2D eigenvalue weighted by Crippen LogP contribution is -2.24. The van der Waals surface area contributed by atoms with Crippen LogP contribution < -0.4 is 5.73 Å². The van der Waals surface area contributed by atoms with Gasteiger partial charge in [-0.05, 0) is 31.5 Å².